The number of aromatic nitrogens is 3. The highest BCUT2D eigenvalue weighted by Gasteiger charge is 2.42. The normalized spacial score (nSPS) is 15.3. The molecule has 0 bridgehead atoms. The number of fused-ring (bicyclic) bond motifs is 4. The first-order valence-electron chi connectivity index (χ1n) is 13.6. The van der Waals surface area contributed by atoms with Crippen molar-refractivity contribution in [1.82, 2.24) is 14.8 Å². The van der Waals surface area contributed by atoms with Gasteiger partial charge in [0.25, 0.3) is 0 Å². The van der Waals surface area contributed by atoms with Gasteiger partial charge in [0.1, 0.15) is 5.75 Å². The molecule has 0 saturated carbocycles. The van der Waals surface area contributed by atoms with Crippen molar-refractivity contribution >= 4 is 34.6 Å². The zero-order valence-corrected chi connectivity index (χ0v) is 23.3. The zero-order chi connectivity index (χ0) is 28.1. The highest BCUT2D eigenvalue weighted by Crippen LogP contribution is 2.49. The maximum atomic E-state index is 5.91. The number of hydrogen-bond donors (Lipinski definition) is 1. The summed E-state index contributed by atoms with van der Waals surface area (Å²) in [5, 5.41) is 8.54. The number of ether oxygens (including phenoxy) is 1. The molecule has 1 atom stereocenters. The lowest BCUT2D eigenvalue weighted by Gasteiger charge is -2.40. The summed E-state index contributed by atoms with van der Waals surface area (Å²) in [5.41, 5.74) is 8.07. The summed E-state index contributed by atoms with van der Waals surface area (Å²) in [5.74, 6) is 3.56. The molecular formula is C33H29N7O. The number of nitrogens with zero attached hydrogens (tertiary/aromatic N) is 6. The third-order valence-corrected chi connectivity index (χ3v) is 7.71. The Bertz CT molecular complexity index is 1860. The number of amidine groups is 2. The summed E-state index contributed by atoms with van der Waals surface area (Å²) in [6.07, 6.45) is 1.77. The van der Waals surface area contributed by atoms with Crippen LogP contribution >= 0.6 is 0 Å². The van der Waals surface area contributed by atoms with Crippen molar-refractivity contribution in [2.24, 2.45) is 9.98 Å². The maximum Gasteiger partial charge on any atom is 0.179 e. The number of pyridine rings is 1. The van der Waals surface area contributed by atoms with Crippen LogP contribution in [0.1, 0.15) is 34.0 Å². The van der Waals surface area contributed by atoms with Crippen molar-refractivity contribution in [2.75, 3.05) is 17.3 Å². The van der Waals surface area contributed by atoms with Crippen LogP contribution in [0.2, 0.25) is 0 Å². The number of benzene rings is 3. The van der Waals surface area contributed by atoms with E-state index in [1.807, 2.05) is 66.2 Å². The Morgan fingerprint density at radius 1 is 0.829 bits per heavy atom. The summed E-state index contributed by atoms with van der Waals surface area (Å²) < 4.78 is 7.73. The van der Waals surface area contributed by atoms with E-state index in [0.717, 1.165) is 45.5 Å². The Hall–Kier alpha value is -5.24. The second kappa shape index (κ2) is 9.75. The van der Waals surface area contributed by atoms with Crippen LogP contribution in [-0.4, -0.2) is 33.5 Å². The van der Waals surface area contributed by atoms with Gasteiger partial charge >= 0.3 is 0 Å². The van der Waals surface area contributed by atoms with Gasteiger partial charge in [0.15, 0.2) is 23.3 Å². The van der Waals surface area contributed by atoms with E-state index in [1.165, 1.54) is 11.1 Å². The highest BCUT2D eigenvalue weighted by atomic mass is 16.5. The molecule has 0 unspecified atom stereocenters. The molecule has 0 aliphatic carbocycles. The minimum Gasteiger partial charge on any atom is -0.496 e. The Kier molecular flexibility index (Phi) is 5.89. The SMILES string of the molecule is COc1ccccc1[C@H]1c2c(C)nn(-c3ccccn3)c2N=C2C(Nc3ccc(C)c(C)c3)=Nc3ccccc3N21. The summed E-state index contributed by atoms with van der Waals surface area (Å²) in [6, 6.07) is 28.1. The van der Waals surface area contributed by atoms with Gasteiger partial charge in [-0.25, -0.2) is 15.0 Å². The van der Waals surface area contributed by atoms with E-state index in [-0.39, 0.29) is 6.04 Å². The molecule has 1 N–H and O–H groups in total. The lowest BCUT2D eigenvalue weighted by atomic mass is 9.92. The van der Waals surface area contributed by atoms with Crippen LogP contribution in [0.5, 0.6) is 5.75 Å². The minimum absolute atomic E-state index is 0.278. The van der Waals surface area contributed by atoms with Gasteiger partial charge in [0.2, 0.25) is 0 Å². The molecule has 7 rings (SSSR count). The fraction of sp³-hybridized carbons (Fsp3) is 0.152. The smallest absolute Gasteiger partial charge is 0.179 e. The molecular weight excluding hydrogens is 510 g/mol. The largest absolute Gasteiger partial charge is 0.496 e. The number of aryl methyl sites for hydroxylation is 3. The quantitative estimate of drug-likeness (QED) is 0.266. The van der Waals surface area contributed by atoms with Gasteiger partial charge in [0, 0.05) is 23.0 Å². The summed E-state index contributed by atoms with van der Waals surface area (Å²) >= 11 is 0. The molecule has 0 amide bonds. The van der Waals surface area contributed by atoms with E-state index < -0.39 is 0 Å². The summed E-state index contributed by atoms with van der Waals surface area (Å²) in [6.45, 7) is 6.25. The van der Waals surface area contributed by atoms with E-state index >= 15 is 0 Å². The molecule has 4 heterocycles. The second-order valence-electron chi connectivity index (χ2n) is 10.2. The third kappa shape index (κ3) is 4.07. The van der Waals surface area contributed by atoms with Crippen molar-refractivity contribution in [1.29, 1.82) is 0 Å². The molecule has 0 spiro atoms. The summed E-state index contributed by atoms with van der Waals surface area (Å²) in [7, 11) is 1.71. The lowest BCUT2D eigenvalue weighted by Crippen LogP contribution is -2.46. The van der Waals surface area contributed by atoms with E-state index in [1.54, 1.807) is 13.3 Å². The molecule has 2 aliphatic heterocycles. The van der Waals surface area contributed by atoms with E-state index in [9.17, 15) is 0 Å². The zero-order valence-electron chi connectivity index (χ0n) is 23.3. The van der Waals surface area contributed by atoms with Crippen molar-refractivity contribution in [3.63, 3.8) is 0 Å². The van der Waals surface area contributed by atoms with Gasteiger partial charge < -0.3 is 15.0 Å². The van der Waals surface area contributed by atoms with Crippen molar-refractivity contribution < 1.29 is 4.74 Å². The number of rotatable bonds is 4. The van der Waals surface area contributed by atoms with Gasteiger partial charge in [0.05, 0.1) is 30.2 Å². The molecule has 2 aromatic heterocycles. The second-order valence-corrected chi connectivity index (χ2v) is 10.2. The molecule has 8 nitrogen and oxygen atoms in total. The molecule has 202 valence electrons. The topological polar surface area (TPSA) is 79.9 Å². The number of para-hydroxylation sites is 3. The maximum absolute atomic E-state index is 5.91. The van der Waals surface area contributed by atoms with Gasteiger partial charge in [-0.15, -0.1) is 0 Å². The van der Waals surface area contributed by atoms with Gasteiger partial charge in [-0.3, -0.25) is 0 Å². The van der Waals surface area contributed by atoms with E-state index in [0.29, 0.717) is 17.5 Å². The van der Waals surface area contributed by atoms with Gasteiger partial charge in [-0.1, -0.05) is 42.5 Å². The highest BCUT2D eigenvalue weighted by molar-refractivity contribution is 6.51. The summed E-state index contributed by atoms with van der Waals surface area (Å²) in [4.78, 5) is 17.2. The van der Waals surface area contributed by atoms with Crippen molar-refractivity contribution in [3.05, 3.63) is 119 Å². The van der Waals surface area contributed by atoms with Crippen LogP contribution in [0.3, 0.4) is 0 Å². The minimum atomic E-state index is -0.278. The van der Waals surface area contributed by atoms with Crippen LogP contribution in [0.15, 0.2) is 101 Å². The predicted octanol–water partition coefficient (Wildman–Crippen LogP) is 7.00. The average Bonchev–Trinajstić information content (AvgIpc) is 3.34. The number of aliphatic imine (C=N–C) groups is 2. The monoisotopic (exact) mass is 539 g/mol. The van der Waals surface area contributed by atoms with Crippen LogP contribution in [0.25, 0.3) is 5.82 Å². The van der Waals surface area contributed by atoms with Crippen LogP contribution in [0, 0.1) is 20.8 Å². The Labute approximate surface area is 238 Å². The fourth-order valence-electron chi connectivity index (χ4n) is 5.58. The molecule has 0 saturated heterocycles. The molecule has 3 aromatic carbocycles. The molecule has 0 radical (unpaired) electrons. The first-order chi connectivity index (χ1) is 20.0. The van der Waals surface area contributed by atoms with Gasteiger partial charge in [-0.05, 0) is 74.4 Å². The molecule has 2 aliphatic rings. The molecule has 8 heteroatoms. The van der Waals surface area contributed by atoms with E-state index in [4.69, 9.17) is 19.8 Å². The molecule has 5 aromatic rings. The Morgan fingerprint density at radius 3 is 2.44 bits per heavy atom. The van der Waals surface area contributed by atoms with Crippen molar-refractivity contribution in [3.8, 4) is 11.6 Å². The third-order valence-electron chi connectivity index (χ3n) is 7.71. The Morgan fingerprint density at radius 2 is 1.63 bits per heavy atom. The first-order valence-corrected chi connectivity index (χ1v) is 13.6. The van der Waals surface area contributed by atoms with E-state index in [2.05, 4.69) is 59.4 Å². The van der Waals surface area contributed by atoms with Crippen LogP contribution in [-0.2, 0) is 0 Å². The van der Waals surface area contributed by atoms with Crippen LogP contribution < -0.4 is 15.0 Å². The standard InChI is InChI=1S/C33H29N7O/c1-20-16-17-23(19-21(20)2)35-31-33-37-32-29(22(3)38-40(32)28-15-9-10-18-34-28)30(24-11-5-8-14-27(24)41-4)39(33)26-13-7-6-12-25(26)36-31/h5-19,30H,1-4H3,(H,35,36)/t30-/m0/s1. The Balaban J connectivity index is 1.51. The first kappa shape index (κ1) is 24.8. The fourth-order valence-corrected chi connectivity index (χ4v) is 5.58. The average molecular weight is 540 g/mol. The molecule has 0 fully saturated rings. The number of anilines is 2. The lowest BCUT2D eigenvalue weighted by molar-refractivity contribution is 0.407. The number of methoxy groups -OCH3 is 1. The molecule has 41 heavy (non-hydrogen) atoms. The predicted molar refractivity (Wildman–Crippen MR) is 164 cm³/mol. The van der Waals surface area contributed by atoms with Crippen LogP contribution in [0.4, 0.5) is 22.9 Å². The van der Waals surface area contributed by atoms with Crippen molar-refractivity contribution in [2.45, 2.75) is 26.8 Å². The van der Waals surface area contributed by atoms with Gasteiger partial charge in [-0.2, -0.15) is 9.78 Å². The number of hydrogen-bond acceptors (Lipinski definition) is 7. The number of nitrogens with one attached hydrogen (secondary N) is 1.